The molecule has 1 aliphatic rings. The zero-order chi connectivity index (χ0) is 12.8. The summed E-state index contributed by atoms with van der Waals surface area (Å²) in [5.41, 5.74) is 0.464. The van der Waals surface area contributed by atoms with Crippen LogP contribution in [0.4, 0.5) is 11.5 Å². The van der Waals surface area contributed by atoms with E-state index >= 15 is 0 Å². The normalized spacial score (nSPS) is 19.0. The first-order valence-corrected chi connectivity index (χ1v) is 6.82. The molecule has 1 fully saturated rings. The molecule has 3 N–H and O–H groups in total. The lowest BCUT2D eigenvalue weighted by molar-refractivity contribution is 0.0381. The number of aromatic nitrogens is 1. The highest BCUT2D eigenvalue weighted by Gasteiger charge is 2.27. The van der Waals surface area contributed by atoms with Crippen LogP contribution in [0.3, 0.4) is 0 Å². The lowest BCUT2D eigenvalue weighted by Crippen LogP contribution is -2.36. The molecular weight excluding hydrogens is 226 g/mol. The summed E-state index contributed by atoms with van der Waals surface area (Å²) in [6.07, 6.45) is 8.36. The summed E-state index contributed by atoms with van der Waals surface area (Å²) in [6, 6.07) is 3.89. The van der Waals surface area contributed by atoms with Crippen LogP contribution in [0.25, 0.3) is 0 Å². The molecule has 0 amide bonds. The van der Waals surface area contributed by atoms with E-state index in [0.29, 0.717) is 6.54 Å². The lowest BCUT2D eigenvalue weighted by atomic mass is 9.94. The van der Waals surface area contributed by atoms with Crippen molar-refractivity contribution in [1.29, 1.82) is 0 Å². The number of nitrogens with zero attached hydrogens (tertiary/aromatic N) is 1. The van der Waals surface area contributed by atoms with Gasteiger partial charge in [0.15, 0.2) is 0 Å². The lowest BCUT2D eigenvalue weighted by Gasteiger charge is -2.27. The van der Waals surface area contributed by atoms with E-state index in [1.54, 1.807) is 6.20 Å². The van der Waals surface area contributed by atoms with Gasteiger partial charge in [-0.25, -0.2) is 4.98 Å². The molecule has 0 unspecified atom stereocenters. The van der Waals surface area contributed by atoms with E-state index in [2.05, 4.69) is 15.6 Å². The zero-order valence-electron chi connectivity index (χ0n) is 11.1. The van der Waals surface area contributed by atoms with Gasteiger partial charge in [-0.3, -0.25) is 0 Å². The Kier molecular flexibility index (Phi) is 4.42. The maximum absolute atomic E-state index is 10.5. The van der Waals surface area contributed by atoms with Gasteiger partial charge in [-0.15, -0.1) is 0 Å². The Balaban J connectivity index is 1.92. The second kappa shape index (κ2) is 6.05. The molecule has 4 heteroatoms. The fourth-order valence-corrected chi connectivity index (χ4v) is 2.51. The van der Waals surface area contributed by atoms with Crippen molar-refractivity contribution in [2.24, 2.45) is 0 Å². The minimum atomic E-state index is -0.542. The summed E-state index contributed by atoms with van der Waals surface area (Å²) in [4.78, 5) is 4.17. The predicted octanol–water partition coefficient (Wildman–Crippen LogP) is 2.62. The van der Waals surface area contributed by atoms with Crippen molar-refractivity contribution in [3.05, 3.63) is 18.3 Å². The second-order valence-corrected chi connectivity index (χ2v) is 5.17. The molecule has 0 bridgehead atoms. The van der Waals surface area contributed by atoms with Gasteiger partial charge in [0.05, 0.1) is 5.60 Å². The number of anilines is 2. The van der Waals surface area contributed by atoms with E-state index in [0.717, 1.165) is 37.2 Å². The van der Waals surface area contributed by atoms with Crippen LogP contribution in [-0.4, -0.2) is 29.3 Å². The van der Waals surface area contributed by atoms with Crippen LogP contribution < -0.4 is 10.6 Å². The van der Waals surface area contributed by atoms with Gasteiger partial charge < -0.3 is 15.7 Å². The number of aliphatic hydroxyl groups is 1. The van der Waals surface area contributed by atoms with Gasteiger partial charge in [0.25, 0.3) is 0 Å². The maximum atomic E-state index is 10.5. The Morgan fingerprint density at radius 3 is 2.67 bits per heavy atom. The molecule has 0 atom stereocenters. The second-order valence-electron chi connectivity index (χ2n) is 5.17. The van der Waals surface area contributed by atoms with Gasteiger partial charge in [0.1, 0.15) is 5.82 Å². The van der Waals surface area contributed by atoms with E-state index < -0.39 is 5.60 Å². The maximum Gasteiger partial charge on any atom is 0.127 e. The highest BCUT2D eigenvalue weighted by molar-refractivity contribution is 5.51. The number of pyridine rings is 1. The molecule has 100 valence electrons. The van der Waals surface area contributed by atoms with E-state index in [-0.39, 0.29) is 0 Å². The van der Waals surface area contributed by atoms with Crippen molar-refractivity contribution < 1.29 is 5.11 Å². The van der Waals surface area contributed by atoms with Crippen LogP contribution in [0.5, 0.6) is 0 Å². The van der Waals surface area contributed by atoms with Crippen LogP contribution in [0, 0.1) is 0 Å². The van der Waals surface area contributed by atoms with E-state index in [9.17, 15) is 5.11 Å². The molecule has 2 rings (SSSR count). The minimum Gasteiger partial charge on any atom is -0.388 e. The summed E-state index contributed by atoms with van der Waals surface area (Å²) >= 11 is 0. The third-order valence-corrected chi connectivity index (χ3v) is 3.67. The molecule has 0 aliphatic heterocycles. The first-order chi connectivity index (χ1) is 8.72. The Morgan fingerprint density at radius 1 is 1.28 bits per heavy atom. The SMILES string of the molecule is CNc1cc(NCC2(O)CCCCCC2)ccn1. The number of hydrogen-bond acceptors (Lipinski definition) is 4. The molecule has 1 aromatic rings. The van der Waals surface area contributed by atoms with Gasteiger partial charge in [0.2, 0.25) is 0 Å². The van der Waals surface area contributed by atoms with Crippen molar-refractivity contribution in [1.82, 2.24) is 4.98 Å². The predicted molar refractivity (Wildman–Crippen MR) is 74.9 cm³/mol. The fourth-order valence-electron chi connectivity index (χ4n) is 2.51. The van der Waals surface area contributed by atoms with Gasteiger partial charge in [-0.05, 0) is 18.9 Å². The van der Waals surface area contributed by atoms with Crippen molar-refractivity contribution >= 4 is 11.5 Å². The van der Waals surface area contributed by atoms with Crippen LogP contribution in [-0.2, 0) is 0 Å². The molecule has 4 nitrogen and oxygen atoms in total. The summed E-state index contributed by atoms with van der Waals surface area (Å²) < 4.78 is 0. The van der Waals surface area contributed by atoms with Crippen molar-refractivity contribution in [2.45, 2.75) is 44.1 Å². The van der Waals surface area contributed by atoms with E-state index in [1.165, 1.54) is 12.8 Å². The van der Waals surface area contributed by atoms with Gasteiger partial charge in [0, 0.05) is 31.5 Å². The summed E-state index contributed by atoms with van der Waals surface area (Å²) in [6.45, 7) is 0.625. The molecule has 1 aromatic heterocycles. The molecule has 1 saturated carbocycles. The first-order valence-electron chi connectivity index (χ1n) is 6.82. The molecule has 0 saturated heterocycles. The molecule has 18 heavy (non-hydrogen) atoms. The van der Waals surface area contributed by atoms with E-state index in [1.807, 2.05) is 19.2 Å². The standard InChI is InChI=1S/C14H23N3O/c1-15-13-10-12(6-9-16-13)17-11-14(18)7-4-2-3-5-8-14/h6,9-10,18H,2-5,7-8,11H2,1H3,(H2,15,16,17). The zero-order valence-corrected chi connectivity index (χ0v) is 11.1. The van der Waals surface area contributed by atoms with Crippen LogP contribution in [0.1, 0.15) is 38.5 Å². The number of nitrogens with one attached hydrogen (secondary N) is 2. The topological polar surface area (TPSA) is 57.2 Å². The van der Waals surface area contributed by atoms with Gasteiger partial charge >= 0.3 is 0 Å². The quantitative estimate of drug-likeness (QED) is 0.718. The smallest absolute Gasteiger partial charge is 0.127 e. The summed E-state index contributed by atoms with van der Waals surface area (Å²) in [5.74, 6) is 0.841. The van der Waals surface area contributed by atoms with Crippen molar-refractivity contribution in [2.75, 3.05) is 24.2 Å². The average Bonchev–Trinajstić information content (AvgIpc) is 2.62. The average molecular weight is 249 g/mol. The highest BCUT2D eigenvalue weighted by atomic mass is 16.3. The molecule has 1 heterocycles. The fraction of sp³-hybridized carbons (Fsp3) is 0.643. The van der Waals surface area contributed by atoms with Crippen molar-refractivity contribution in [3.8, 4) is 0 Å². The van der Waals surface area contributed by atoms with Crippen LogP contribution in [0.15, 0.2) is 18.3 Å². The van der Waals surface area contributed by atoms with Crippen LogP contribution >= 0.6 is 0 Å². The van der Waals surface area contributed by atoms with Crippen molar-refractivity contribution in [3.63, 3.8) is 0 Å². The number of hydrogen-bond donors (Lipinski definition) is 3. The highest BCUT2D eigenvalue weighted by Crippen LogP contribution is 2.27. The van der Waals surface area contributed by atoms with Gasteiger partial charge in [-0.1, -0.05) is 25.7 Å². The largest absolute Gasteiger partial charge is 0.388 e. The van der Waals surface area contributed by atoms with E-state index in [4.69, 9.17) is 0 Å². The number of rotatable bonds is 4. The molecular formula is C14H23N3O. The van der Waals surface area contributed by atoms with Crippen LogP contribution in [0.2, 0.25) is 0 Å². The Bertz CT molecular complexity index is 373. The Morgan fingerprint density at radius 2 is 2.00 bits per heavy atom. The monoisotopic (exact) mass is 249 g/mol. The summed E-state index contributed by atoms with van der Waals surface area (Å²) in [7, 11) is 1.85. The Hall–Kier alpha value is -1.29. The first kappa shape index (κ1) is 13.1. The third kappa shape index (κ3) is 3.60. The molecule has 1 aliphatic carbocycles. The summed E-state index contributed by atoms with van der Waals surface area (Å²) in [5, 5.41) is 16.9. The third-order valence-electron chi connectivity index (χ3n) is 3.67. The molecule has 0 radical (unpaired) electrons. The Labute approximate surface area is 109 Å². The molecule has 0 aromatic carbocycles. The van der Waals surface area contributed by atoms with Gasteiger partial charge in [-0.2, -0.15) is 0 Å². The minimum absolute atomic E-state index is 0.542. The molecule has 0 spiro atoms.